The highest BCUT2D eigenvalue weighted by Gasteiger charge is 2.44. The van der Waals surface area contributed by atoms with E-state index in [0.717, 1.165) is 45.1 Å². The van der Waals surface area contributed by atoms with Crippen LogP contribution in [0.1, 0.15) is 51.4 Å². The van der Waals surface area contributed by atoms with Gasteiger partial charge in [-0.3, -0.25) is 14.5 Å². The molecule has 2 fully saturated rings. The van der Waals surface area contributed by atoms with Crippen LogP contribution >= 0.6 is 0 Å². The van der Waals surface area contributed by atoms with Crippen molar-refractivity contribution in [2.45, 2.75) is 57.5 Å². The molecule has 1 atom stereocenters. The number of ether oxygens (including phenoxy) is 3. The Balaban J connectivity index is 1.13. The van der Waals surface area contributed by atoms with Gasteiger partial charge in [0.15, 0.2) is 5.75 Å². The van der Waals surface area contributed by atoms with Crippen LogP contribution in [-0.4, -0.2) is 61.2 Å². The summed E-state index contributed by atoms with van der Waals surface area (Å²) in [6.45, 7) is 2.42. The summed E-state index contributed by atoms with van der Waals surface area (Å²) in [5.74, 6) is 1.62. The molecule has 1 spiro atoms. The zero-order chi connectivity index (χ0) is 21.0. The third kappa shape index (κ3) is 4.69. The number of amides is 2. The lowest BCUT2D eigenvalue weighted by molar-refractivity contribution is -0.153. The second-order valence-electron chi connectivity index (χ2n) is 8.62. The Kier molecular flexibility index (Phi) is 6.41. The summed E-state index contributed by atoms with van der Waals surface area (Å²) < 4.78 is 16.7. The maximum absolute atomic E-state index is 12.5. The third-order valence-corrected chi connectivity index (χ3v) is 6.39. The van der Waals surface area contributed by atoms with E-state index in [4.69, 9.17) is 14.2 Å². The summed E-state index contributed by atoms with van der Waals surface area (Å²) in [6, 6.07) is 3.54. The fraction of sp³-hybridized carbons (Fsp3) is 0.682. The van der Waals surface area contributed by atoms with Gasteiger partial charge >= 0.3 is 0 Å². The molecule has 0 aromatic carbocycles. The summed E-state index contributed by atoms with van der Waals surface area (Å²) in [7, 11) is 1.56. The van der Waals surface area contributed by atoms with Crippen LogP contribution in [0.4, 0.5) is 0 Å². The third-order valence-electron chi connectivity index (χ3n) is 6.39. The van der Waals surface area contributed by atoms with Gasteiger partial charge < -0.3 is 19.5 Å². The van der Waals surface area contributed by atoms with Crippen molar-refractivity contribution < 1.29 is 23.8 Å². The van der Waals surface area contributed by atoms with Crippen LogP contribution in [0.25, 0.3) is 0 Å². The van der Waals surface area contributed by atoms with E-state index in [2.05, 4.69) is 10.3 Å². The Labute approximate surface area is 177 Å². The predicted molar refractivity (Wildman–Crippen MR) is 110 cm³/mol. The molecular weight excluding hydrogens is 386 g/mol. The van der Waals surface area contributed by atoms with E-state index in [-0.39, 0.29) is 23.3 Å². The van der Waals surface area contributed by atoms with Crippen LogP contribution in [0.15, 0.2) is 12.1 Å². The van der Waals surface area contributed by atoms with E-state index in [9.17, 15) is 9.59 Å². The molecule has 8 nitrogen and oxygen atoms in total. The molecule has 0 radical (unpaired) electrons. The molecule has 164 valence electrons. The van der Waals surface area contributed by atoms with Crippen molar-refractivity contribution in [3.05, 3.63) is 12.1 Å². The van der Waals surface area contributed by atoms with Gasteiger partial charge in [0, 0.05) is 32.0 Å². The molecule has 1 saturated carbocycles. The Morgan fingerprint density at radius 3 is 2.70 bits per heavy atom. The number of unbranched alkanes of at least 4 members (excludes halogenated alkanes) is 1. The molecule has 3 aliphatic rings. The number of nitrogens with zero attached hydrogens (tertiary/aromatic N) is 2. The first kappa shape index (κ1) is 20.9. The number of likely N-dealkylation sites (tertiary alicyclic amines) is 1. The van der Waals surface area contributed by atoms with Crippen LogP contribution in [-0.2, 0) is 9.59 Å². The molecule has 1 saturated heterocycles. The minimum Gasteiger partial charge on any atom is -0.484 e. The Hall–Kier alpha value is -2.35. The van der Waals surface area contributed by atoms with Crippen LogP contribution in [0.2, 0.25) is 0 Å². The molecule has 8 heteroatoms. The van der Waals surface area contributed by atoms with Crippen LogP contribution in [0.3, 0.4) is 0 Å². The maximum Gasteiger partial charge on any atom is 0.260 e. The largest absolute Gasteiger partial charge is 0.484 e. The van der Waals surface area contributed by atoms with Crippen molar-refractivity contribution in [1.29, 1.82) is 0 Å². The first-order valence-electron chi connectivity index (χ1n) is 11.0. The minimum atomic E-state index is -0.120. The zero-order valence-corrected chi connectivity index (χ0v) is 17.7. The summed E-state index contributed by atoms with van der Waals surface area (Å²) in [6.07, 6.45) is 7.04. The molecule has 3 heterocycles. The number of methoxy groups -OCH3 is 1. The van der Waals surface area contributed by atoms with Crippen molar-refractivity contribution in [2.24, 2.45) is 5.41 Å². The van der Waals surface area contributed by atoms with E-state index in [1.807, 2.05) is 0 Å². The topological polar surface area (TPSA) is 90.0 Å². The first-order chi connectivity index (χ1) is 14.6. The molecule has 1 aromatic heterocycles. The normalized spacial score (nSPS) is 22.6. The lowest BCUT2D eigenvalue weighted by atomic mass is 9.76. The van der Waals surface area contributed by atoms with Crippen molar-refractivity contribution >= 4 is 11.8 Å². The second-order valence-corrected chi connectivity index (χ2v) is 8.62. The van der Waals surface area contributed by atoms with E-state index >= 15 is 0 Å². The fourth-order valence-electron chi connectivity index (χ4n) is 4.74. The van der Waals surface area contributed by atoms with Gasteiger partial charge in [-0.1, -0.05) is 12.8 Å². The van der Waals surface area contributed by atoms with E-state index in [0.29, 0.717) is 50.0 Å². The quantitative estimate of drug-likeness (QED) is 0.513. The highest BCUT2D eigenvalue weighted by atomic mass is 16.6. The molecule has 2 amide bonds. The average molecular weight is 418 g/mol. The molecule has 30 heavy (non-hydrogen) atoms. The summed E-state index contributed by atoms with van der Waals surface area (Å²) >= 11 is 0. The minimum absolute atomic E-state index is 0.0220. The van der Waals surface area contributed by atoms with Gasteiger partial charge in [-0.15, -0.1) is 0 Å². The van der Waals surface area contributed by atoms with Gasteiger partial charge in [0.25, 0.3) is 5.88 Å². The van der Waals surface area contributed by atoms with Crippen LogP contribution < -0.4 is 19.5 Å². The van der Waals surface area contributed by atoms with Gasteiger partial charge in [-0.2, -0.15) is 4.98 Å². The van der Waals surface area contributed by atoms with Crippen molar-refractivity contribution in [3.8, 4) is 17.5 Å². The SMILES string of the molecule is COc1ccc2c(n1)OC(CNCCCCN1C(=O)CC3(CCCC3)CC1=O)CO2. The number of piperidine rings is 1. The number of carbonyl (C=O) groups is 2. The van der Waals surface area contributed by atoms with E-state index in [1.54, 1.807) is 19.2 Å². The second kappa shape index (κ2) is 9.20. The van der Waals surface area contributed by atoms with Crippen molar-refractivity contribution in [1.82, 2.24) is 15.2 Å². The highest BCUT2D eigenvalue weighted by Crippen LogP contribution is 2.46. The smallest absolute Gasteiger partial charge is 0.260 e. The number of nitrogens with one attached hydrogen (secondary N) is 1. The van der Waals surface area contributed by atoms with Gasteiger partial charge in [0.1, 0.15) is 12.7 Å². The number of imide groups is 1. The molecule has 1 unspecified atom stereocenters. The number of hydrogen-bond donors (Lipinski definition) is 1. The molecule has 1 aromatic rings. The van der Waals surface area contributed by atoms with E-state index in [1.165, 1.54) is 4.90 Å². The van der Waals surface area contributed by atoms with E-state index < -0.39 is 0 Å². The van der Waals surface area contributed by atoms with Crippen LogP contribution in [0.5, 0.6) is 17.5 Å². The van der Waals surface area contributed by atoms with Gasteiger partial charge in [0.05, 0.1) is 7.11 Å². The maximum atomic E-state index is 12.5. The summed E-state index contributed by atoms with van der Waals surface area (Å²) in [4.78, 5) is 30.7. The molecular formula is C22H31N3O5. The van der Waals surface area contributed by atoms with Crippen LogP contribution in [0, 0.1) is 5.41 Å². The zero-order valence-electron chi connectivity index (χ0n) is 17.7. The Bertz CT molecular complexity index is 758. The van der Waals surface area contributed by atoms with Gasteiger partial charge in [0.2, 0.25) is 17.7 Å². The number of carbonyl (C=O) groups excluding carboxylic acids is 2. The number of pyridine rings is 1. The monoisotopic (exact) mass is 417 g/mol. The number of aromatic nitrogens is 1. The Morgan fingerprint density at radius 2 is 1.97 bits per heavy atom. The highest BCUT2D eigenvalue weighted by molar-refractivity contribution is 5.98. The molecule has 1 N–H and O–H groups in total. The molecule has 0 bridgehead atoms. The van der Waals surface area contributed by atoms with Crippen molar-refractivity contribution in [2.75, 3.05) is 33.4 Å². The predicted octanol–water partition coefficient (Wildman–Crippen LogP) is 2.31. The number of rotatable bonds is 8. The lowest BCUT2D eigenvalue weighted by Gasteiger charge is -2.37. The molecule has 4 rings (SSSR count). The van der Waals surface area contributed by atoms with Gasteiger partial charge in [-0.05, 0) is 43.7 Å². The first-order valence-corrected chi connectivity index (χ1v) is 11.0. The lowest BCUT2D eigenvalue weighted by Crippen LogP contribution is -2.47. The number of hydrogen-bond acceptors (Lipinski definition) is 7. The molecule has 2 aliphatic heterocycles. The Morgan fingerprint density at radius 1 is 1.20 bits per heavy atom. The molecule has 1 aliphatic carbocycles. The average Bonchev–Trinajstić information content (AvgIpc) is 3.18. The number of fused-ring (bicyclic) bond motifs is 1. The van der Waals surface area contributed by atoms with Crippen molar-refractivity contribution in [3.63, 3.8) is 0 Å². The summed E-state index contributed by atoms with van der Waals surface area (Å²) in [5, 5.41) is 3.36. The van der Waals surface area contributed by atoms with Gasteiger partial charge in [-0.25, -0.2) is 0 Å². The standard InChI is InChI=1S/C22H31N3O5/c1-28-18-7-6-17-21(24-18)30-16(15-29-17)14-23-10-4-5-11-25-19(26)12-22(13-20(25)27)8-2-3-9-22/h6-7,16,23H,2-5,8-15H2,1H3. The fourth-order valence-corrected chi connectivity index (χ4v) is 4.74. The summed E-state index contributed by atoms with van der Waals surface area (Å²) in [5.41, 5.74) is -0.0220.